The Morgan fingerprint density at radius 3 is 2.39 bits per heavy atom. The largest absolute Gasteiger partial charge is 1.00 e. The average Bonchev–Trinajstić information content (AvgIpc) is 3.20. The number of fused-ring (bicyclic) bond motifs is 1. The maximum absolute atomic E-state index is 11.8. The van der Waals surface area contributed by atoms with Gasteiger partial charge in [-0.05, 0) is 0 Å². The van der Waals surface area contributed by atoms with E-state index >= 15 is 0 Å². The Morgan fingerprint density at radius 2 is 1.89 bits per heavy atom. The summed E-state index contributed by atoms with van der Waals surface area (Å²) in [5, 5.41) is 28.6. The number of nitrogens with two attached hydrogens (primary N) is 1. The first-order valence-corrected chi connectivity index (χ1v) is 12.8. The van der Waals surface area contributed by atoms with Crippen LogP contribution in [0.4, 0.5) is 5.95 Å². The number of quaternary nitrogens is 1. The molecule has 2 aromatic heterocycles. The maximum atomic E-state index is 11.8. The predicted octanol–water partition coefficient (Wildman–Crippen LogP) is -7.03. The number of aliphatic hydroxyl groups is 3. The van der Waals surface area contributed by atoms with Crippen LogP contribution in [0.5, 0.6) is 0 Å². The Balaban J connectivity index is 0.000000712. The van der Waals surface area contributed by atoms with Crippen LogP contribution in [0.1, 0.15) is 6.23 Å². The number of aliphatic hydroxyl groups excluding tert-OH is 3. The molecular formula is C15H27N6NaO12P2. The van der Waals surface area contributed by atoms with Crippen molar-refractivity contribution in [2.45, 2.75) is 24.5 Å². The summed E-state index contributed by atoms with van der Waals surface area (Å²) in [4.78, 5) is 51.9. The van der Waals surface area contributed by atoms with Crippen LogP contribution >= 0.6 is 15.6 Å². The van der Waals surface area contributed by atoms with Gasteiger partial charge in [0.25, 0.3) is 21.2 Å². The zero-order valence-electron chi connectivity index (χ0n) is 19.8. The van der Waals surface area contributed by atoms with Gasteiger partial charge in [0, 0.05) is 0 Å². The third-order valence-corrected chi connectivity index (χ3v) is 6.52. The summed E-state index contributed by atoms with van der Waals surface area (Å²) < 4.78 is 36.7. The van der Waals surface area contributed by atoms with Gasteiger partial charge in [-0.25, -0.2) is 9.29 Å². The first kappa shape index (κ1) is 33.2. The topological polar surface area (TPSA) is 278 Å². The van der Waals surface area contributed by atoms with Crippen LogP contribution < -0.4 is 50.6 Å². The van der Waals surface area contributed by atoms with Gasteiger partial charge in [-0.3, -0.25) is 23.5 Å². The van der Waals surface area contributed by atoms with E-state index in [4.69, 9.17) is 20.5 Å². The van der Waals surface area contributed by atoms with Crippen LogP contribution in [-0.4, -0.2) is 103 Å². The van der Waals surface area contributed by atoms with Crippen molar-refractivity contribution in [1.82, 2.24) is 19.5 Å². The fourth-order valence-electron chi connectivity index (χ4n) is 2.84. The third kappa shape index (κ3) is 9.50. The number of imidazole rings is 1. The van der Waals surface area contributed by atoms with Crippen molar-refractivity contribution in [2.75, 3.05) is 46.6 Å². The van der Waals surface area contributed by atoms with Gasteiger partial charge in [0.05, 0.1) is 40.7 Å². The minimum Gasteiger partial charge on any atom is -0.756 e. The van der Waals surface area contributed by atoms with Crippen LogP contribution in [0.15, 0.2) is 11.1 Å². The van der Waals surface area contributed by atoms with Crippen molar-refractivity contribution in [3.8, 4) is 0 Å². The molecule has 1 aliphatic rings. The summed E-state index contributed by atoms with van der Waals surface area (Å²) in [6.07, 6.45) is -5.07. The summed E-state index contributed by atoms with van der Waals surface area (Å²) >= 11 is 0. The number of hydrogen-bond donors (Lipinski definition) is 6. The van der Waals surface area contributed by atoms with Crippen molar-refractivity contribution in [3.63, 3.8) is 0 Å². The molecule has 0 radical (unpaired) electrons. The molecule has 1 saturated heterocycles. The molecule has 0 saturated carbocycles. The molecule has 18 nitrogen and oxygen atoms in total. The number of nitrogens with one attached hydrogen (secondary N) is 1. The number of ether oxygens (including phenoxy) is 1. The van der Waals surface area contributed by atoms with Gasteiger partial charge < -0.3 is 49.5 Å². The molecule has 3 rings (SSSR count). The Bertz CT molecular complexity index is 1170. The molecule has 0 amide bonds. The monoisotopic (exact) mass is 568 g/mol. The normalized spacial score (nSPS) is 25.4. The van der Waals surface area contributed by atoms with Gasteiger partial charge in [-0.15, -0.1) is 0 Å². The van der Waals surface area contributed by atoms with Crippen molar-refractivity contribution < 1.29 is 86.7 Å². The van der Waals surface area contributed by atoms with E-state index in [9.17, 15) is 33.9 Å². The Hall–Kier alpha value is -0.790. The Morgan fingerprint density at radius 1 is 1.28 bits per heavy atom. The Kier molecular flexibility index (Phi) is 11.9. The number of H-pyrrole nitrogens is 1. The number of aromatic amines is 1. The Labute approximate surface area is 226 Å². The SMILES string of the molecule is C[N+](C)(C)CCO.Nc1nc2c(ncn2[C@@H]2O[C@H](COP(=O)([O-])OP(=O)([O-])O)[C@@H](O)[C@H]2O)c(=O)[nH]1.[Na+]. The molecule has 21 heteroatoms. The fourth-order valence-corrected chi connectivity index (χ4v) is 4.37. The van der Waals surface area contributed by atoms with E-state index in [0.717, 1.165) is 21.9 Å². The van der Waals surface area contributed by atoms with Gasteiger partial charge in [0.15, 0.2) is 17.4 Å². The molecule has 0 aliphatic carbocycles. The predicted molar refractivity (Wildman–Crippen MR) is 113 cm³/mol. The number of likely N-dealkylation sites (N-methyl/N-ethyl adjacent to an activating group) is 1. The molecular weight excluding hydrogens is 541 g/mol. The van der Waals surface area contributed by atoms with Gasteiger partial charge in [0.2, 0.25) is 5.95 Å². The zero-order chi connectivity index (χ0) is 26.8. The quantitative estimate of drug-likeness (QED) is 0.0980. The van der Waals surface area contributed by atoms with Crippen molar-refractivity contribution in [2.24, 2.45) is 0 Å². The second-order valence-corrected chi connectivity index (χ2v) is 11.1. The van der Waals surface area contributed by atoms with Gasteiger partial charge in [-0.2, -0.15) is 4.98 Å². The summed E-state index contributed by atoms with van der Waals surface area (Å²) in [5.41, 5.74) is 4.58. The molecule has 3 heterocycles. The molecule has 6 atom stereocenters. The van der Waals surface area contributed by atoms with Crippen molar-refractivity contribution in [3.05, 3.63) is 16.7 Å². The van der Waals surface area contributed by atoms with E-state index < -0.39 is 52.4 Å². The van der Waals surface area contributed by atoms with Crippen LogP contribution in [0, 0.1) is 0 Å². The number of anilines is 1. The number of nitrogen functional groups attached to an aromatic ring is 1. The number of hydrogen-bond acceptors (Lipinski definition) is 14. The molecule has 1 aliphatic heterocycles. The van der Waals surface area contributed by atoms with Crippen LogP contribution in [0.3, 0.4) is 0 Å². The van der Waals surface area contributed by atoms with Crippen molar-refractivity contribution in [1.29, 1.82) is 0 Å². The van der Waals surface area contributed by atoms with Gasteiger partial charge in [-0.1, -0.05) is 0 Å². The molecule has 36 heavy (non-hydrogen) atoms. The van der Waals surface area contributed by atoms with Crippen LogP contribution in [0.25, 0.3) is 11.2 Å². The van der Waals surface area contributed by atoms with E-state index in [-0.39, 0.29) is 53.3 Å². The summed E-state index contributed by atoms with van der Waals surface area (Å²) in [6.45, 7) is 0.155. The summed E-state index contributed by atoms with van der Waals surface area (Å²) in [5.74, 6) is -0.248. The summed E-state index contributed by atoms with van der Waals surface area (Å²) in [6, 6.07) is 0. The maximum Gasteiger partial charge on any atom is 1.00 e. The number of nitrogens with zero attached hydrogens (tertiary/aromatic N) is 4. The molecule has 0 aromatic carbocycles. The minimum atomic E-state index is -5.63. The number of rotatable bonds is 8. The first-order chi connectivity index (χ1) is 15.9. The van der Waals surface area contributed by atoms with E-state index in [1.54, 1.807) is 0 Å². The van der Waals surface area contributed by atoms with Gasteiger partial charge >= 0.3 is 29.6 Å². The minimum absolute atomic E-state index is 0. The average molecular weight is 568 g/mol. The number of phosphoric acid groups is 2. The molecule has 2 aromatic rings. The second-order valence-electron chi connectivity index (χ2n) is 8.35. The van der Waals surface area contributed by atoms with Crippen LogP contribution in [0.2, 0.25) is 0 Å². The van der Waals surface area contributed by atoms with E-state index in [1.807, 2.05) is 0 Å². The molecule has 0 bridgehead atoms. The second kappa shape index (κ2) is 12.8. The zero-order valence-corrected chi connectivity index (χ0v) is 23.6. The van der Waals surface area contributed by atoms with E-state index in [0.29, 0.717) is 0 Å². The third-order valence-electron chi connectivity index (χ3n) is 4.43. The molecule has 200 valence electrons. The molecule has 1 fully saturated rings. The smallest absolute Gasteiger partial charge is 0.756 e. The van der Waals surface area contributed by atoms with Gasteiger partial charge in [0.1, 0.15) is 24.9 Å². The standard InChI is InChI=1S/C10H15N5O11P2.C5H14NO.Na/c11-10-13-7-4(8(18)14-10)12-2-15(7)9-6(17)5(16)3(25-9)1-24-28(22,23)26-27(19,20)21;1-6(2,3)4-5-7;/h2-3,5-6,9,16-17H,1H2,(H,22,23)(H2,19,20,21)(H3,11,13,14,18);7H,4-5H2,1-3H3;/q;2*+1/p-2/t3-,5-,6-,9-;;/m1../s1. The van der Waals surface area contributed by atoms with Crippen molar-refractivity contribution >= 4 is 32.8 Å². The molecule has 2 unspecified atom stereocenters. The molecule has 0 spiro atoms. The first-order valence-electron chi connectivity index (χ1n) is 9.80. The fraction of sp³-hybridized carbons (Fsp3) is 0.667. The van der Waals surface area contributed by atoms with E-state index in [1.165, 1.54) is 0 Å². The summed E-state index contributed by atoms with van der Waals surface area (Å²) in [7, 11) is -4.96. The number of aromatic nitrogens is 4. The van der Waals surface area contributed by atoms with E-state index in [2.05, 4.69) is 44.9 Å². The molecule has 7 N–H and O–H groups in total. The number of phosphoric ester groups is 1. The van der Waals surface area contributed by atoms with Crippen LogP contribution in [-0.2, 0) is 22.7 Å².